The smallest absolute Gasteiger partial charge is 0.330 e. The monoisotopic (exact) mass is 189 g/mol. The second-order valence-corrected chi connectivity index (χ2v) is 2.80. The van der Waals surface area contributed by atoms with Crippen LogP contribution in [-0.4, -0.2) is 11.0 Å². The molecule has 1 rings (SSSR count). The van der Waals surface area contributed by atoms with Gasteiger partial charge < -0.3 is 5.11 Å². The molecule has 0 aliphatic heterocycles. The van der Waals surface area contributed by atoms with Crippen molar-refractivity contribution in [3.8, 4) is 0 Å². The molecule has 4 heteroatoms. The predicted molar refractivity (Wildman–Crippen MR) is 40.9 cm³/mol. The fourth-order valence-corrected chi connectivity index (χ4v) is 0.834. The zero-order chi connectivity index (χ0) is 10.1. The van der Waals surface area contributed by atoms with Crippen molar-refractivity contribution in [2.45, 2.75) is 18.7 Å². The molecule has 0 saturated carbocycles. The third kappa shape index (κ3) is 1.83. The summed E-state index contributed by atoms with van der Waals surface area (Å²) in [7, 11) is 0. The largest absolute Gasteiger partial charge is 0.357 e. The molecule has 1 radical (unpaired) electrons. The van der Waals surface area contributed by atoms with Crippen molar-refractivity contribution in [2.24, 2.45) is 0 Å². The Kier molecular flexibility index (Phi) is 2.34. The van der Waals surface area contributed by atoms with Gasteiger partial charge in [0.1, 0.15) is 0 Å². The molecule has 0 heterocycles. The van der Waals surface area contributed by atoms with Crippen LogP contribution in [0.2, 0.25) is 0 Å². The molecule has 1 aromatic carbocycles. The molecule has 0 fully saturated rings. The lowest BCUT2D eigenvalue weighted by atomic mass is 10.0. The molecule has 0 amide bonds. The summed E-state index contributed by atoms with van der Waals surface area (Å²) in [5, 5.41) is 8.56. The summed E-state index contributed by atoms with van der Waals surface area (Å²) in [6.07, 6.45) is 0. The number of hydrogen-bond acceptors (Lipinski definition) is 1. The summed E-state index contributed by atoms with van der Waals surface area (Å²) < 4.78 is 38.7. The van der Waals surface area contributed by atoms with Gasteiger partial charge in [0.2, 0.25) is 0 Å². The SMILES string of the molecule is CC(O)(F)C(F)(F)c1[c]cccc1. The van der Waals surface area contributed by atoms with E-state index in [4.69, 9.17) is 5.11 Å². The van der Waals surface area contributed by atoms with Gasteiger partial charge in [-0.25, -0.2) is 4.39 Å². The molecular weight excluding hydrogens is 181 g/mol. The quantitative estimate of drug-likeness (QED) is 0.756. The van der Waals surface area contributed by atoms with E-state index in [2.05, 4.69) is 6.07 Å². The van der Waals surface area contributed by atoms with Crippen LogP contribution in [-0.2, 0) is 5.92 Å². The van der Waals surface area contributed by atoms with Crippen LogP contribution in [0.25, 0.3) is 0 Å². The topological polar surface area (TPSA) is 20.2 Å². The Bertz CT molecular complexity index is 277. The van der Waals surface area contributed by atoms with Crippen LogP contribution in [0.3, 0.4) is 0 Å². The highest BCUT2D eigenvalue weighted by atomic mass is 19.3. The second-order valence-electron chi connectivity index (χ2n) is 2.80. The first kappa shape index (κ1) is 10.1. The summed E-state index contributed by atoms with van der Waals surface area (Å²) in [4.78, 5) is 0. The molecule has 1 N–H and O–H groups in total. The van der Waals surface area contributed by atoms with Crippen molar-refractivity contribution in [1.29, 1.82) is 0 Å². The molecule has 1 atom stereocenters. The first-order valence-electron chi connectivity index (χ1n) is 3.62. The molecular formula is C9H8F3O. The number of hydrogen-bond donors (Lipinski definition) is 1. The minimum atomic E-state index is -3.94. The van der Waals surface area contributed by atoms with E-state index in [9.17, 15) is 13.2 Å². The van der Waals surface area contributed by atoms with Gasteiger partial charge in [-0.05, 0) is 6.07 Å². The Morgan fingerprint density at radius 1 is 1.31 bits per heavy atom. The van der Waals surface area contributed by atoms with Gasteiger partial charge in [-0.15, -0.1) is 0 Å². The molecule has 0 aromatic heterocycles. The average Bonchev–Trinajstić information content (AvgIpc) is 2.04. The van der Waals surface area contributed by atoms with Crippen LogP contribution in [0, 0.1) is 6.07 Å². The van der Waals surface area contributed by atoms with Crippen molar-refractivity contribution in [1.82, 2.24) is 0 Å². The highest BCUT2D eigenvalue weighted by molar-refractivity contribution is 5.20. The minimum absolute atomic E-state index is 0.411. The van der Waals surface area contributed by atoms with E-state index < -0.39 is 17.3 Å². The van der Waals surface area contributed by atoms with Crippen molar-refractivity contribution in [3.05, 3.63) is 35.9 Å². The van der Waals surface area contributed by atoms with Gasteiger partial charge in [-0.3, -0.25) is 0 Å². The maximum absolute atomic E-state index is 13.0. The highest BCUT2D eigenvalue weighted by Crippen LogP contribution is 2.39. The van der Waals surface area contributed by atoms with E-state index >= 15 is 0 Å². The van der Waals surface area contributed by atoms with Crippen LogP contribution < -0.4 is 0 Å². The maximum Gasteiger partial charge on any atom is 0.330 e. The maximum atomic E-state index is 13.0. The van der Waals surface area contributed by atoms with E-state index in [0.717, 1.165) is 6.07 Å². The lowest BCUT2D eigenvalue weighted by Crippen LogP contribution is -2.38. The van der Waals surface area contributed by atoms with E-state index in [-0.39, 0.29) is 0 Å². The number of benzene rings is 1. The number of halogens is 3. The van der Waals surface area contributed by atoms with Gasteiger partial charge in [0.25, 0.3) is 5.85 Å². The van der Waals surface area contributed by atoms with E-state index in [0.29, 0.717) is 6.92 Å². The molecule has 0 bridgehead atoms. The van der Waals surface area contributed by atoms with Gasteiger partial charge in [-0.2, -0.15) is 8.78 Å². The Labute approximate surface area is 73.8 Å². The standard InChI is InChI=1S/C9H8F3O/c1-8(10,13)9(11,12)7-5-3-2-4-6-7/h2-5,13H,1H3. The Morgan fingerprint density at radius 2 is 1.92 bits per heavy atom. The number of alkyl halides is 3. The van der Waals surface area contributed by atoms with Crippen molar-refractivity contribution in [3.63, 3.8) is 0 Å². The molecule has 0 spiro atoms. The number of rotatable bonds is 2. The van der Waals surface area contributed by atoms with E-state index in [1.807, 2.05) is 0 Å². The Balaban J connectivity index is 3.08. The first-order valence-corrected chi connectivity index (χ1v) is 3.62. The molecule has 13 heavy (non-hydrogen) atoms. The zero-order valence-corrected chi connectivity index (χ0v) is 6.89. The lowest BCUT2D eigenvalue weighted by molar-refractivity contribution is -0.248. The van der Waals surface area contributed by atoms with Crippen LogP contribution >= 0.6 is 0 Å². The van der Waals surface area contributed by atoms with Crippen LogP contribution in [0.5, 0.6) is 0 Å². The summed E-state index contributed by atoms with van der Waals surface area (Å²) >= 11 is 0. The van der Waals surface area contributed by atoms with E-state index in [1.54, 1.807) is 0 Å². The van der Waals surface area contributed by atoms with Gasteiger partial charge >= 0.3 is 5.92 Å². The zero-order valence-electron chi connectivity index (χ0n) is 6.89. The molecule has 1 nitrogen and oxygen atoms in total. The molecule has 1 unspecified atom stereocenters. The normalized spacial score (nSPS) is 16.7. The van der Waals surface area contributed by atoms with Gasteiger partial charge in [-0.1, -0.05) is 24.3 Å². The van der Waals surface area contributed by atoms with Gasteiger partial charge in [0.05, 0.1) is 0 Å². The summed E-state index contributed by atoms with van der Waals surface area (Å²) in [6.45, 7) is 0.411. The lowest BCUT2D eigenvalue weighted by Gasteiger charge is -2.24. The van der Waals surface area contributed by atoms with Crippen molar-refractivity contribution in [2.75, 3.05) is 0 Å². The van der Waals surface area contributed by atoms with Crippen LogP contribution in [0.4, 0.5) is 13.2 Å². The minimum Gasteiger partial charge on any atom is -0.357 e. The van der Waals surface area contributed by atoms with E-state index in [1.165, 1.54) is 18.2 Å². The Morgan fingerprint density at radius 3 is 2.31 bits per heavy atom. The molecule has 0 aliphatic rings. The molecule has 1 aromatic rings. The Hall–Kier alpha value is -1.03. The van der Waals surface area contributed by atoms with Gasteiger partial charge in [0, 0.05) is 12.5 Å². The fourth-order valence-electron chi connectivity index (χ4n) is 0.834. The highest BCUT2D eigenvalue weighted by Gasteiger charge is 2.51. The second kappa shape index (κ2) is 3.03. The molecule has 0 aliphatic carbocycles. The average molecular weight is 189 g/mol. The molecule has 0 saturated heterocycles. The third-order valence-corrected chi connectivity index (χ3v) is 1.62. The molecule has 71 valence electrons. The summed E-state index contributed by atoms with van der Waals surface area (Å²) in [5.41, 5.74) is -0.664. The fraction of sp³-hybridized carbons (Fsp3) is 0.333. The van der Waals surface area contributed by atoms with Crippen molar-refractivity contribution < 1.29 is 18.3 Å². The van der Waals surface area contributed by atoms with Gasteiger partial charge in [0.15, 0.2) is 0 Å². The van der Waals surface area contributed by atoms with Crippen molar-refractivity contribution >= 4 is 0 Å². The third-order valence-electron chi connectivity index (χ3n) is 1.62. The summed E-state index contributed by atoms with van der Waals surface area (Å²) in [5.74, 6) is -7.50. The predicted octanol–water partition coefficient (Wildman–Crippen LogP) is 2.26. The van der Waals surface area contributed by atoms with Crippen LogP contribution in [0.15, 0.2) is 24.3 Å². The van der Waals surface area contributed by atoms with Crippen LogP contribution in [0.1, 0.15) is 12.5 Å². The number of aliphatic hydroxyl groups is 1. The summed E-state index contributed by atoms with van der Waals surface area (Å²) in [6, 6.07) is 7.21. The first-order chi connectivity index (χ1) is 5.86.